The van der Waals surface area contributed by atoms with Crippen LogP contribution in [-0.4, -0.2) is 28.8 Å². The van der Waals surface area contributed by atoms with Crippen molar-refractivity contribution in [1.82, 2.24) is 5.32 Å². The number of carbonyl (C=O) groups excluding carboxylic acids is 1. The highest BCUT2D eigenvalue weighted by Gasteiger charge is 2.24. The van der Waals surface area contributed by atoms with Crippen LogP contribution in [0.5, 0.6) is 0 Å². The molecule has 1 aromatic heterocycles. The Morgan fingerprint density at radius 2 is 2.00 bits per heavy atom. The van der Waals surface area contributed by atoms with Crippen LogP contribution in [0.3, 0.4) is 0 Å². The number of alkyl carbamates (subject to hydrolysis) is 1. The third-order valence-electron chi connectivity index (χ3n) is 3.15. The summed E-state index contributed by atoms with van der Waals surface area (Å²) in [5, 5.41) is 12.0. The number of nitrogens with one attached hydrogen (secondary N) is 1. The predicted octanol–water partition coefficient (Wildman–Crippen LogP) is 2.31. The minimum Gasteiger partial charge on any atom is -0.480 e. The summed E-state index contributed by atoms with van der Waals surface area (Å²) >= 11 is 0. The van der Waals surface area contributed by atoms with Gasteiger partial charge in [-0.15, -0.1) is 0 Å². The summed E-state index contributed by atoms with van der Waals surface area (Å²) in [5.41, 5.74) is 0.0578. The van der Waals surface area contributed by atoms with Crippen molar-refractivity contribution in [2.75, 3.05) is 0 Å². The number of ether oxygens (including phenoxy) is 1. The van der Waals surface area contributed by atoms with Gasteiger partial charge < -0.3 is 19.6 Å². The molecule has 0 aliphatic carbocycles. The summed E-state index contributed by atoms with van der Waals surface area (Å²) in [6.07, 6.45) is 0.503. The van der Waals surface area contributed by atoms with Crippen LogP contribution in [0.15, 0.2) is 39.7 Å². The van der Waals surface area contributed by atoms with E-state index < -0.39 is 23.7 Å². The summed E-state index contributed by atoms with van der Waals surface area (Å²) in [7, 11) is 0. The first-order chi connectivity index (χ1) is 11.2. The molecule has 0 radical (unpaired) electrons. The number of amides is 1. The molecule has 2 rings (SSSR count). The molecule has 2 N–H and O–H groups in total. The number of carboxylic acid groups (broad SMARTS) is 1. The minimum atomic E-state index is -1.19. The third kappa shape index (κ3) is 4.58. The molecule has 0 aliphatic heterocycles. The number of fused-ring (bicyclic) bond motifs is 1. The van der Waals surface area contributed by atoms with Crippen molar-refractivity contribution < 1.29 is 23.8 Å². The number of hydrogen-bond acceptors (Lipinski definition) is 5. The second-order valence-corrected chi connectivity index (χ2v) is 6.36. The molecule has 0 fully saturated rings. The molecule has 0 aliphatic rings. The van der Waals surface area contributed by atoms with Crippen molar-refractivity contribution in [3.05, 3.63) is 46.3 Å². The van der Waals surface area contributed by atoms with Crippen molar-refractivity contribution in [3.8, 4) is 0 Å². The Hall–Kier alpha value is -2.83. The van der Waals surface area contributed by atoms with Crippen molar-refractivity contribution in [1.29, 1.82) is 0 Å². The van der Waals surface area contributed by atoms with E-state index in [4.69, 9.17) is 9.15 Å². The zero-order chi connectivity index (χ0) is 17.9. The zero-order valence-electron chi connectivity index (χ0n) is 13.7. The molecule has 128 valence electrons. The molecule has 24 heavy (non-hydrogen) atoms. The topological polar surface area (TPSA) is 106 Å². The Morgan fingerprint density at radius 1 is 1.29 bits per heavy atom. The van der Waals surface area contributed by atoms with Crippen LogP contribution in [0.1, 0.15) is 26.3 Å². The van der Waals surface area contributed by atoms with Gasteiger partial charge in [0, 0.05) is 12.5 Å². The van der Waals surface area contributed by atoms with Gasteiger partial charge in [-0.3, -0.25) is 4.79 Å². The molecule has 1 atom stereocenters. The summed E-state index contributed by atoms with van der Waals surface area (Å²) in [5.74, 6) is -1.19. The van der Waals surface area contributed by atoms with E-state index in [2.05, 4.69) is 5.32 Å². The lowest BCUT2D eigenvalue weighted by Gasteiger charge is -2.22. The maximum atomic E-state index is 11.8. The van der Waals surface area contributed by atoms with Gasteiger partial charge in [0.05, 0.1) is 11.6 Å². The summed E-state index contributed by atoms with van der Waals surface area (Å²) < 4.78 is 10.3. The molecule has 7 nitrogen and oxygen atoms in total. The highest BCUT2D eigenvalue weighted by atomic mass is 16.6. The number of aliphatic carboxylic acids is 1. The molecule has 0 bridgehead atoms. The molecule has 1 unspecified atom stereocenters. The molecule has 1 heterocycles. The lowest BCUT2D eigenvalue weighted by Crippen LogP contribution is -2.44. The van der Waals surface area contributed by atoms with Crippen molar-refractivity contribution in [2.45, 2.75) is 38.8 Å². The molecule has 1 aromatic carbocycles. The van der Waals surface area contributed by atoms with E-state index in [0.717, 1.165) is 0 Å². The molecule has 2 aromatic rings. The van der Waals surface area contributed by atoms with Crippen LogP contribution in [-0.2, 0) is 16.0 Å². The predicted molar refractivity (Wildman–Crippen MR) is 87.0 cm³/mol. The maximum Gasteiger partial charge on any atom is 0.408 e. The van der Waals surface area contributed by atoms with E-state index in [0.29, 0.717) is 16.5 Å². The minimum absolute atomic E-state index is 0.0127. The van der Waals surface area contributed by atoms with Crippen molar-refractivity contribution in [3.63, 3.8) is 0 Å². The quantitative estimate of drug-likeness (QED) is 0.889. The smallest absolute Gasteiger partial charge is 0.408 e. The van der Waals surface area contributed by atoms with Crippen LogP contribution in [0.2, 0.25) is 0 Å². The van der Waals surface area contributed by atoms with Gasteiger partial charge in [-0.1, -0.05) is 6.07 Å². The maximum absolute atomic E-state index is 11.8. The molecule has 0 spiro atoms. The van der Waals surface area contributed by atoms with Gasteiger partial charge in [0.1, 0.15) is 17.2 Å². The molecule has 1 amide bonds. The molecule has 7 heteroatoms. The fourth-order valence-electron chi connectivity index (χ4n) is 2.14. The van der Waals surface area contributed by atoms with Gasteiger partial charge in [-0.05, 0) is 38.5 Å². The third-order valence-corrected chi connectivity index (χ3v) is 3.15. The van der Waals surface area contributed by atoms with E-state index in [-0.39, 0.29) is 11.8 Å². The molecule has 0 saturated carbocycles. The number of carboxylic acids is 1. The van der Waals surface area contributed by atoms with Gasteiger partial charge in [-0.2, -0.15) is 0 Å². The summed E-state index contributed by atoms with van der Waals surface area (Å²) in [6.45, 7) is 5.06. The molecule has 0 saturated heterocycles. The lowest BCUT2D eigenvalue weighted by molar-refractivity contribution is -0.139. The van der Waals surface area contributed by atoms with Gasteiger partial charge in [-0.25, -0.2) is 9.59 Å². The average molecular weight is 333 g/mol. The van der Waals surface area contributed by atoms with E-state index in [9.17, 15) is 19.5 Å². The van der Waals surface area contributed by atoms with Gasteiger partial charge >= 0.3 is 12.1 Å². The number of rotatable bonds is 4. The molecular weight excluding hydrogens is 314 g/mol. The first-order valence-electron chi connectivity index (χ1n) is 7.38. The lowest BCUT2D eigenvalue weighted by atomic mass is 10.0. The number of carbonyl (C=O) groups is 2. The zero-order valence-corrected chi connectivity index (χ0v) is 13.7. The average Bonchev–Trinajstić information content (AvgIpc) is 2.45. The SMILES string of the molecule is CC(C)(C)OC(=O)NC(Cc1ccc2occc(=O)c2c1)C(=O)O. The summed E-state index contributed by atoms with van der Waals surface area (Å²) in [4.78, 5) is 35.0. The standard InChI is InChI=1S/C17H19NO6/c1-17(2,3)24-16(22)18-12(15(20)21)9-10-4-5-14-11(8-10)13(19)6-7-23-14/h4-8,12H,9H2,1-3H3,(H,18,22)(H,20,21). The van der Waals surface area contributed by atoms with E-state index >= 15 is 0 Å². The first kappa shape index (κ1) is 17.5. The second-order valence-electron chi connectivity index (χ2n) is 6.36. The Bertz CT molecular complexity index is 818. The Morgan fingerprint density at radius 3 is 2.62 bits per heavy atom. The Balaban J connectivity index is 2.19. The van der Waals surface area contributed by atoms with Gasteiger partial charge in [0.25, 0.3) is 0 Å². The Kier molecular flexibility index (Phi) is 4.92. The normalized spacial score (nSPS) is 12.6. The highest BCUT2D eigenvalue weighted by Crippen LogP contribution is 2.14. The second kappa shape index (κ2) is 6.74. The van der Waals surface area contributed by atoms with Crippen LogP contribution in [0.4, 0.5) is 4.79 Å². The largest absolute Gasteiger partial charge is 0.480 e. The van der Waals surface area contributed by atoms with Crippen LogP contribution < -0.4 is 10.7 Å². The van der Waals surface area contributed by atoms with E-state index in [1.165, 1.54) is 12.3 Å². The van der Waals surface area contributed by atoms with Crippen molar-refractivity contribution >= 4 is 23.0 Å². The monoisotopic (exact) mass is 333 g/mol. The van der Waals surface area contributed by atoms with Crippen LogP contribution in [0, 0.1) is 0 Å². The number of benzene rings is 1. The van der Waals surface area contributed by atoms with Gasteiger partial charge in [0.15, 0.2) is 5.43 Å². The fourth-order valence-corrected chi connectivity index (χ4v) is 2.14. The first-order valence-corrected chi connectivity index (χ1v) is 7.38. The van der Waals surface area contributed by atoms with Crippen molar-refractivity contribution in [2.24, 2.45) is 0 Å². The summed E-state index contributed by atoms with van der Waals surface area (Å²) in [6, 6.07) is 4.93. The van der Waals surface area contributed by atoms with E-state index in [1.54, 1.807) is 39.0 Å². The van der Waals surface area contributed by atoms with E-state index in [1.807, 2.05) is 0 Å². The number of hydrogen-bond donors (Lipinski definition) is 2. The van der Waals surface area contributed by atoms with Gasteiger partial charge in [0.2, 0.25) is 0 Å². The van der Waals surface area contributed by atoms with Crippen LogP contribution in [0.25, 0.3) is 11.0 Å². The molecular formula is C17H19NO6. The van der Waals surface area contributed by atoms with Crippen LogP contribution >= 0.6 is 0 Å². The highest BCUT2D eigenvalue weighted by molar-refractivity contribution is 5.81. The fraction of sp³-hybridized carbons (Fsp3) is 0.353. The Labute approximate surface area is 138 Å².